The molecule has 3 aromatic rings. The van der Waals surface area contributed by atoms with E-state index < -0.39 is 15.9 Å². The highest BCUT2D eigenvalue weighted by molar-refractivity contribution is 7.93. The van der Waals surface area contributed by atoms with Gasteiger partial charge in [-0.25, -0.2) is 8.42 Å². The molecule has 1 amide bonds. The van der Waals surface area contributed by atoms with Gasteiger partial charge in [0, 0.05) is 6.08 Å². The van der Waals surface area contributed by atoms with Gasteiger partial charge in [-0.05, 0) is 61.4 Å². The third kappa shape index (κ3) is 6.73. The van der Waals surface area contributed by atoms with Gasteiger partial charge in [-0.3, -0.25) is 4.79 Å². The summed E-state index contributed by atoms with van der Waals surface area (Å²) >= 11 is 0. The lowest BCUT2D eigenvalue weighted by molar-refractivity contribution is -0.113. The van der Waals surface area contributed by atoms with Crippen molar-refractivity contribution in [2.45, 2.75) is 38.0 Å². The van der Waals surface area contributed by atoms with Gasteiger partial charge in [0.15, 0.2) is 11.5 Å². The van der Waals surface area contributed by atoms with Crippen LogP contribution in [0.15, 0.2) is 83.8 Å². The first kappa shape index (κ1) is 26.0. The number of anilines is 1. The molecule has 0 aliphatic carbocycles. The number of aryl methyl sites for hydroxylation is 1. The Balaban J connectivity index is 1.88. The van der Waals surface area contributed by atoms with Crippen LogP contribution in [0.2, 0.25) is 0 Å². The molecule has 0 spiro atoms. The molecule has 0 saturated carbocycles. The van der Waals surface area contributed by atoms with Crippen LogP contribution in [0.4, 0.5) is 5.69 Å². The first-order valence-electron chi connectivity index (χ1n) is 11.6. The van der Waals surface area contributed by atoms with E-state index in [0.29, 0.717) is 23.7 Å². The number of hydrogen-bond donors (Lipinski definition) is 0. The molecule has 3 aromatic carbocycles. The van der Waals surface area contributed by atoms with Crippen molar-refractivity contribution in [3.63, 3.8) is 0 Å². The summed E-state index contributed by atoms with van der Waals surface area (Å²) in [7, 11) is -2.56. The van der Waals surface area contributed by atoms with E-state index in [4.69, 9.17) is 9.47 Å². The SMILES string of the molecule is CCCCCOc1ccc(/C=C/C(=O)N(c2ccc(C)cc2)S(=O)(=O)c2ccccc2)cc1OC. The summed E-state index contributed by atoms with van der Waals surface area (Å²) in [4.78, 5) is 13.3. The zero-order valence-electron chi connectivity index (χ0n) is 20.3. The topological polar surface area (TPSA) is 72.9 Å². The second-order valence-electron chi connectivity index (χ2n) is 8.06. The summed E-state index contributed by atoms with van der Waals surface area (Å²) < 4.78 is 38.9. The van der Waals surface area contributed by atoms with Crippen molar-refractivity contribution in [1.29, 1.82) is 0 Å². The Bertz CT molecular complexity index is 1250. The number of nitrogens with zero attached hydrogens (tertiary/aromatic N) is 1. The number of carbonyl (C=O) groups is 1. The minimum Gasteiger partial charge on any atom is -0.493 e. The Morgan fingerprint density at radius 2 is 1.66 bits per heavy atom. The van der Waals surface area contributed by atoms with Crippen molar-refractivity contribution in [2.24, 2.45) is 0 Å². The van der Waals surface area contributed by atoms with Crippen LogP contribution in [0.25, 0.3) is 6.08 Å². The molecule has 0 radical (unpaired) electrons. The molecule has 0 aliphatic rings. The summed E-state index contributed by atoms with van der Waals surface area (Å²) in [5.41, 5.74) is 1.90. The molecule has 3 rings (SSSR count). The third-order valence-corrected chi connectivity index (χ3v) is 7.10. The minimum atomic E-state index is -4.12. The van der Waals surface area contributed by atoms with E-state index in [1.54, 1.807) is 73.8 Å². The minimum absolute atomic E-state index is 0.0357. The van der Waals surface area contributed by atoms with Gasteiger partial charge in [0.25, 0.3) is 15.9 Å². The van der Waals surface area contributed by atoms with Gasteiger partial charge in [0.1, 0.15) is 0 Å². The molecular weight excluding hydrogens is 462 g/mol. The number of carbonyl (C=O) groups excluding carboxylic acids is 1. The van der Waals surface area contributed by atoms with Crippen LogP contribution in [0.1, 0.15) is 37.3 Å². The molecule has 7 heteroatoms. The average molecular weight is 494 g/mol. The van der Waals surface area contributed by atoms with E-state index in [1.807, 2.05) is 6.92 Å². The van der Waals surface area contributed by atoms with Gasteiger partial charge in [0.2, 0.25) is 0 Å². The number of amides is 1. The standard InChI is InChI=1S/C28H31NO5S/c1-4-5-9-20-34-26-18-14-23(21-27(26)33-3)15-19-28(30)29(24-16-12-22(2)13-17-24)35(31,32)25-10-7-6-8-11-25/h6-8,10-19,21H,4-5,9,20H2,1-3H3/b19-15+. The van der Waals surface area contributed by atoms with Gasteiger partial charge in [0.05, 0.1) is 24.3 Å². The van der Waals surface area contributed by atoms with Crippen LogP contribution >= 0.6 is 0 Å². The first-order valence-corrected chi connectivity index (χ1v) is 13.0. The normalized spacial score (nSPS) is 11.4. The molecule has 0 atom stereocenters. The highest BCUT2D eigenvalue weighted by atomic mass is 32.2. The molecule has 0 heterocycles. The van der Waals surface area contributed by atoms with Gasteiger partial charge in [-0.2, -0.15) is 4.31 Å². The summed E-state index contributed by atoms with van der Waals surface area (Å²) in [6, 6.07) is 20.0. The zero-order valence-corrected chi connectivity index (χ0v) is 21.1. The van der Waals surface area contributed by atoms with Crippen molar-refractivity contribution < 1.29 is 22.7 Å². The van der Waals surface area contributed by atoms with Gasteiger partial charge in [-0.1, -0.05) is 61.7 Å². The lowest BCUT2D eigenvalue weighted by Crippen LogP contribution is -2.35. The lowest BCUT2D eigenvalue weighted by Gasteiger charge is -2.21. The Morgan fingerprint density at radius 3 is 2.31 bits per heavy atom. The molecule has 184 valence electrons. The fraction of sp³-hybridized carbons (Fsp3) is 0.250. The molecule has 35 heavy (non-hydrogen) atoms. The van der Waals surface area contributed by atoms with E-state index in [2.05, 4.69) is 6.92 Å². The summed E-state index contributed by atoms with van der Waals surface area (Å²) in [6.07, 6.45) is 5.97. The maximum Gasteiger partial charge on any atom is 0.271 e. The highest BCUT2D eigenvalue weighted by Gasteiger charge is 2.29. The number of rotatable bonds is 11. The van der Waals surface area contributed by atoms with Crippen LogP contribution in [0.3, 0.4) is 0 Å². The molecule has 0 saturated heterocycles. The van der Waals surface area contributed by atoms with Gasteiger partial charge >= 0.3 is 0 Å². The van der Waals surface area contributed by atoms with Crippen molar-refractivity contribution in [3.05, 3.63) is 90.0 Å². The average Bonchev–Trinajstić information content (AvgIpc) is 2.87. The number of sulfonamides is 1. The Kier molecular flexibility index (Phi) is 9.09. The van der Waals surface area contributed by atoms with Crippen molar-refractivity contribution >= 4 is 27.7 Å². The summed E-state index contributed by atoms with van der Waals surface area (Å²) in [5, 5.41) is 0. The quantitative estimate of drug-likeness (QED) is 0.242. The van der Waals surface area contributed by atoms with Crippen molar-refractivity contribution in [1.82, 2.24) is 0 Å². The van der Waals surface area contributed by atoms with E-state index in [-0.39, 0.29) is 10.6 Å². The number of ether oxygens (including phenoxy) is 2. The predicted molar refractivity (Wildman–Crippen MR) is 139 cm³/mol. The molecule has 0 unspecified atom stereocenters. The molecular formula is C28H31NO5S. The lowest BCUT2D eigenvalue weighted by atomic mass is 10.2. The fourth-order valence-electron chi connectivity index (χ4n) is 3.44. The third-order valence-electron chi connectivity index (χ3n) is 5.36. The fourth-order valence-corrected chi connectivity index (χ4v) is 4.85. The molecule has 0 aromatic heterocycles. The van der Waals surface area contributed by atoms with E-state index in [1.165, 1.54) is 18.2 Å². The number of hydrogen-bond acceptors (Lipinski definition) is 5. The smallest absolute Gasteiger partial charge is 0.271 e. The number of unbranched alkanes of at least 4 members (excludes halogenated alkanes) is 2. The molecule has 0 N–H and O–H groups in total. The predicted octanol–water partition coefficient (Wildman–Crippen LogP) is 6.01. The monoisotopic (exact) mass is 493 g/mol. The van der Waals surface area contributed by atoms with E-state index in [9.17, 15) is 13.2 Å². The zero-order chi connectivity index (χ0) is 25.3. The Hall–Kier alpha value is -3.58. The molecule has 0 bridgehead atoms. The van der Waals surface area contributed by atoms with Gasteiger partial charge in [-0.15, -0.1) is 0 Å². The van der Waals surface area contributed by atoms with E-state index >= 15 is 0 Å². The second kappa shape index (κ2) is 12.2. The summed E-state index contributed by atoms with van der Waals surface area (Å²) in [6.45, 7) is 4.63. The number of benzene rings is 3. The number of methoxy groups -OCH3 is 1. The highest BCUT2D eigenvalue weighted by Crippen LogP contribution is 2.29. The molecule has 6 nitrogen and oxygen atoms in total. The maximum atomic E-state index is 13.4. The second-order valence-corrected chi connectivity index (χ2v) is 9.84. The van der Waals surface area contributed by atoms with Gasteiger partial charge < -0.3 is 9.47 Å². The van der Waals surface area contributed by atoms with Crippen LogP contribution in [0.5, 0.6) is 11.5 Å². The van der Waals surface area contributed by atoms with Crippen LogP contribution in [-0.2, 0) is 14.8 Å². The Morgan fingerprint density at radius 1 is 0.943 bits per heavy atom. The largest absolute Gasteiger partial charge is 0.493 e. The Labute approximate surface area is 207 Å². The van der Waals surface area contributed by atoms with Crippen molar-refractivity contribution in [3.8, 4) is 11.5 Å². The first-order chi connectivity index (χ1) is 16.9. The maximum absolute atomic E-state index is 13.4. The van der Waals surface area contributed by atoms with Crippen LogP contribution < -0.4 is 13.8 Å². The van der Waals surface area contributed by atoms with Crippen LogP contribution in [-0.4, -0.2) is 28.0 Å². The van der Waals surface area contributed by atoms with E-state index in [0.717, 1.165) is 29.1 Å². The molecule has 0 aliphatic heterocycles. The molecule has 0 fully saturated rings. The van der Waals surface area contributed by atoms with Crippen molar-refractivity contribution in [2.75, 3.05) is 18.0 Å². The van der Waals surface area contributed by atoms with Crippen LogP contribution in [0, 0.1) is 6.92 Å². The summed E-state index contributed by atoms with van der Waals surface area (Å²) in [5.74, 6) is 0.486.